The van der Waals surface area contributed by atoms with Gasteiger partial charge in [0.25, 0.3) is 0 Å². The molecular formula is C16H13F3N2O3. The van der Waals surface area contributed by atoms with Crippen LogP contribution in [-0.4, -0.2) is 17.2 Å². The minimum absolute atomic E-state index is 0.285. The van der Waals surface area contributed by atoms with Gasteiger partial charge in [-0.3, -0.25) is 4.98 Å². The molecule has 0 N–H and O–H groups in total. The standard InChI is InChI=1S/C16H13F3N2O3/c1-10-6-13(9-20-8-10)22-15-7-14(24-21-15)11-2-4-12(5-3-11)23-16(17,18)19/h2-6,8-9,14H,7H2,1H3/t14-/m1/s1. The normalized spacial score (nSPS) is 17.2. The molecule has 1 aliphatic rings. The van der Waals surface area contributed by atoms with E-state index in [1.54, 1.807) is 12.4 Å². The van der Waals surface area contributed by atoms with E-state index in [-0.39, 0.29) is 5.75 Å². The van der Waals surface area contributed by atoms with E-state index in [1.807, 2.05) is 13.0 Å². The van der Waals surface area contributed by atoms with Crippen molar-refractivity contribution in [3.05, 3.63) is 53.9 Å². The first-order valence-corrected chi connectivity index (χ1v) is 7.07. The van der Waals surface area contributed by atoms with E-state index in [4.69, 9.17) is 9.57 Å². The molecule has 0 aliphatic carbocycles. The van der Waals surface area contributed by atoms with Crippen LogP contribution in [0.3, 0.4) is 0 Å². The molecule has 2 heterocycles. The van der Waals surface area contributed by atoms with Crippen LogP contribution in [0.1, 0.15) is 23.7 Å². The number of pyridine rings is 1. The van der Waals surface area contributed by atoms with E-state index in [1.165, 1.54) is 24.3 Å². The molecule has 5 nitrogen and oxygen atoms in total. The fourth-order valence-electron chi connectivity index (χ4n) is 2.20. The smallest absolute Gasteiger partial charge is 0.438 e. The van der Waals surface area contributed by atoms with Gasteiger partial charge in [0, 0.05) is 6.20 Å². The minimum atomic E-state index is -4.71. The molecule has 24 heavy (non-hydrogen) atoms. The summed E-state index contributed by atoms with van der Waals surface area (Å²) < 4.78 is 45.8. The molecule has 1 aliphatic heterocycles. The second kappa shape index (κ2) is 6.38. The minimum Gasteiger partial charge on any atom is -0.438 e. The number of aromatic nitrogens is 1. The van der Waals surface area contributed by atoms with Crippen molar-refractivity contribution in [2.45, 2.75) is 25.8 Å². The van der Waals surface area contributed by atoms with Crippen LogP contribution in [0.25, 0.3) is 0 Å². The van der Waals surface area contributed by atoms with Crippen LogP contribution in [0, 0.1) is 6.92 Å². The molecule has 0 saturated heterocycles. The van der Waals surface area contributed by atoms with Gasteiger partial charge in [0.05, 0.1) is 12.6 Å². The predicted molar refractivity (Wildman–Crippen MR) is 78.6 cm³/mol. The number of halogens is 3. The Balaban J connectivity index is 1.60. The first kappa shape index (κ1) is 16.1. The molecule has 8 heteroatoms. The molecule has 0 radical (unpaired) electrons. The summed E-state index contributed by atoms with van der Waals surface area (Å²) in [5.74, 6) is 0.641. The van der Waals surface area contributed by atoms with Gasteiger partial charge in [-0.05, 0) is 36.2 Å². The van der Waals surface area contributed by atoms with Crippen LogP contribution in [-0.2, 0) is 4.84 Å². The van der Waals surface area contributed by atoms with Gasteiger partial charge in [-0.2, -0.15) is 0 Å². The van der Waals surface area contributed by atoms with Crippen molar-refractivity contribution < 1.29 is 27.5 Å². The van der Waals surface area contributed by atoms with Crippen LogP contribution in [0.15, 0.2) is 47.9 Å². The summed E-state index contributed by atoms with van der Waals surface area (Å²) in [6.07, 6.45) is -1.50. The third-order valence-corrected chi connectivity index (χ3v) is 3.21. The maximum absolute atomic E-state index is 12.1. The summed E-state index contributed by atoms with van der Waals surface area (Å²) in [6.45, 7) is 1.89. The lowest BCUT2D eigenvalue weighted by atomic mass is 10.1. The largest absolute Gasteiger partial charge is 0.573 e. The topological polar surface area (TPSA) is 52.9 Å². The van der Waals surface area contributed by atoms with E-state index < -0.39 is 12.5 Å². The molecule has 1 atom stereocenters. The van der Waals surface area contributed by atoms with E-state index in [0.717, 1.165) is 5.56 Å². The highest BCUT2D eigenvalue weighted by atomic mass is 19.4. The maximum atomic E-state index is 12.1. The summed E-state index contributed by atoms with van der Waals surface area (Å²) in [6, 6.07) is 7.27. The van der Waals surface area contributed by atoms with Gasteiger partial charge in [0.15, 0.2) is 6.10 Å². The molecule has 3 rings (SSSR count). The van der Waals surface area contributed by atoms with Gasteiger partial charge < -0.3 is 14.3 Å². The van der Waals surface area contributed by atoms with Crippen LogP contribution in [0.5, 0.6) is 11.5 Å². The average molecular weight is 338 g/mol. The summed E-state index contributed by atoms with van der Waals surface area (Å²) in [7, 11) is 0. The number of hydrogen-bond acceptors (Lipinski definition) is 5. The number of rotatable bonds is 3. The molecular weight excluding hydrogens is 325 g/mol. The highest BCUT2D eigenvalue weighted by molar-refractivity contribution is 5.79. The first-order valence-electron chi connectivity index (χ1n) is 7.07. The van der Waals surface area contributed by atoms with Gasteiger partial charge in [-0.1, -0.05) is 17.3 Å². The molecule has 126 valence electrons. The highest BCUT2D eigenvalue weighted by Crippen LogP contribution is 2.30. The third-order valence-electron chi connectivity index (χ3n) is 3.21. The number of hydrogen-bond donors (Lipinski definition) is 0. The SMILES string of the molecule is Cc1cncc(OC2=NO[C@@H](c3ccc(OC(F)(F)F)cc3)C2)c1. The number of ether oxygens (including phenoxy) is 2. The molecule has 0 fully saturated rings. The number of benzene rings is 1. The summed E-state index contributed by atoms with van der Waals surface area (Å²) >= 11 is 0. The molecule has 0 amide bonds. The van der Waals surface area contributed by atoms with Crippen molar-refractivity contribution in [3.8, 4) is 11.5 Å². The molecule has 0 unspecified atom stereocenters. The third kappa shape index (κ3) is 4.15. The predicted octanol–water partition coefficient (Wildman–Crippen LogP) is 4.14. The van der Waals surface area contributed by atoms with Crippen molar-refractivity contribution in [2.24, 2.45) is 5.16 Å². The lowest BCUT2D eigenvalue weighted by Gasteiger charge is -2.11. The summed E-state index contributed by atoms with van der Waals surface area (Å²) in [5, 5.41) is 3.86. The lowest BCUT2D eigenvalue weighted by Crippen LogP contribution is -2.17. The van der Waals surface area contributed by atoms with Crippen LogP contribution >= 0.6 is 0 Å². The van der Waals surface area contributed by atoms with Crippen molar-refractivity contribution in [3.63, 3.8) is 0 Å². The fraction of sp³-hybridized carbons (Fsp3) is 0.250. The quantitative estimate of drug-likeness (QED) is 0.844. The van der Waals surface area contributed by atoms with Gasteiger partial charge in [-0.25, -0.2) is 0 Å². The highest BCUT2D eigenvalue weighted by Gasteiger charge is 2.31. The molecule has 0 saturated carbocycles. The van der Waals surface area contributed by atoms with Crippen molar-refractivity contribution in [1.82, 2.24) is 4.98 Å². The van der Waals surface area contributed by atoms with E-state index in [0.29, 0.717) is 23.6 Å². The number of nitrogens with zero attached hydrogens (tertiary/aromatic N) is 2. The van der Waals surface area contributed by atoms with Crippen molar-refractivity contribution >= 4 is 5.90 Å². The molecule has 1 aromatic carbocycles. The van der Waals surface area contributed by atoms with Crippen molar-refractivity contribution in [1.29, 1.82) is 0 Å². The average Bonchev–Trinajstić information content (AvgIpc) is 2.95. The summed E-state index contributed by atoms with van der Waals surface area (Å²) in [4.78, 5) is 9.29. The molecule has 0 bridgehead atoms. The molecule has 0 spiro atoms. The van der Waals surface area contributed by atoms with E-state index in [9.17, 15) is 13.2 Å². The van der Waals surface area contributed by atoms with E-state index in [2.05, 4.69) is 14.9 Å². The fourth-order valence-corrected chi connectivity index (χ4v) is 2.20. The Morgan fingerprint density at radius 2 is 1.88 bits per heavy atom. The maximum Gasteiger partial charge on any atom is 0.573 e. The summed E-state index contributed by atoms with van der Waals surface area (Å²) in [5.41, 5.74) is 1.62. The van der Waals surface area contributed by atoms with Gasteiger partial charge >= 0.3 is 6.36 Å². The second-order valence-corrected chi connectivity index (χ2v) is 5.20. The zero-order chi connectivity index (χ0) is 17.2. The van der Waals surface area contributed by atoms with Crippen molar-refractivity contribution in [2.75, 3.05) is 0 Å². The lowest BCUT2D eigenvalue weighted by molar-refractivity contribution is -0.274. The zero-order valence-electron chi connectivity index (χ0n) is 12.6. The number of alkyl halides is 3. The second-order valence-electron chi connectivity index (χ2n) is 5.20. The Labute approximate surface area is 135 Å². The van der Waals surface area contributed by atoms with Crippen LogP contribution < -0.4 is 9.47 Å². The van der Waals surface area contributed by atoms with Gasteiger partial charge in [-0.15, -0.1) is 13.2 Å². The van der Waals surface area contributed by atoms with Crippen LogP contribution in [0.2, 0.25) is 0 Å². The molecule has 1 aromatic heterocycles. The zero-order valence-corrected chi connectivity index (χ0v) is 12.6. The first-order chi connectivity index (χ1) is 11.4. The number of aryl methyl sites for hydroxylation is 1. The Hall–Kier alpha value is -2.77. The van der Waals surface area contributed by atoms with Crippen LogP contribution in [0.4, 0.5) is 13.2 Å². The Bertz CT molecular complexity index is 745. The Kier molecular flexibility index (Phi) is 4.28. The Morgan fingerprint density at radius 3 is 2.54 bits per heavy atom. The Morgan fingerprint density at radius 1 is 1.12 bits per heavy atom. The van der Waals surface area contributed by atoms with Gasteiger partial charge in [0.1, 0.15) is 11.5 Å². The van der Waals surface area contributed by atoms with E-state index >= 15 is 0 Å². The van der Waals surface area contributed by atoms with Gasteiger partial charge in [0.2, 0.25) is 5.90 Å². The monoisotopic (exact) mass is 338 g/mol. The number of oxime groups is 1. The molecule has 2 aromatic rings.